The van der Waals surface area contributed by atoms with Crippen LogP contribution in [0.1, 0.15) is 45.1 Å². The van der Waals surface area contributed by atoms with Crippen LogP contribution in [0, 0.1) is 0 Å². The van der Waals surface area contributed by atoms with Crippen molar-refractivity contribution in [2.45, 2.75) is 45.7 Å². The Kier molecular flexibility index (Phi) is 9.25. The number of carbonyl (C=O) groups is 1. The molecule has 188 valence electrons. The number of unbranched alkanes of at least 4 members (excludes halogenated alkanes) is 2. The molecule has 1 N–H and O–H groups in total. The highest BCUT2D eigenvalue weighted by Crippen LogP contribution is 2.33. The van der Waals surface area contributed by atoms with Gasteiger partial charge in [-0.15, -0.1) is 5.10 Å². The van der Waals surface area contributed by atoms with Gasteiger partial charge >= 0.3 is 12.2 Å². The largest absolute Gasteiger partial charge is 0.460 e. The lowest BCUT2D eigenvalue weighted by Gasteiger charge is -2.10. The summed E-state index contributed by atoms with van der Waals surface area (Å²) in [6, 6.07) is 11.7. The molecule has 35 heavy (non-hydrogen) atoms. The van der Waals surface area contributed by atoms with Gasteiger partial charge < -0.3 is 14.8 Å². The molecule has 0 spiro atoms. The lowest BCUT2D eigenvalue weighted by atomic mass is 10.1. The molecule has 0 atom stereocenters. The van der Waals surface area contributed by atoms with Crippen molar-refractivity contribution in [1.29, 1.82) is 0 Å². The maximum atomic E-state index is 13.3. The molecule has 0 fully saturated rings. The number of ether oxygens (including phenoxy) is 2. The van der Waals surface area contributed by atoms with Gasteiger partial charge in [0.05, 0.1) is 17.9 Å². The maximum absolute atomic E-state index is 13.3. The molecule has 0 aliphatic rings. The molecule has 0 bridgehead atoms. The molecule has 0 saturated carbocycles. The fourth-order valence-electron chi connectivity index (χ4n) is 3.34. The maximum Gasteiger partial charge on any atom is 0.416 e. The van der Waals surface area contributed by atoms with Crippen molar-refractivity contribution >= 4 is 11.6 Å². The Morgan fingerprint density at radius 2 is 1.83 bits per heavy atom. The summed E-state index contributed by atoms with van der Waals surface area (Å²) in [5, 5.41) is 7.19. The Bertz CT molecular complexity index is 1100. The van der Waals surface area contributed by atoms with Crippen LogP contribution in [0.15, 0.2) is 48.5 Å². The monoisotopic (exact) mass is 490 g/mol. The summed E-state index contributed by atoms with van der Waals surface area (Å²) in [5.41, 5.74) is 0.613. The fraction of sp³-hybridized carbons (Fsp3) is 0.400. The zero-order chi connectivity index (χ0) is 25.3. The van der Waals surface area contributed by atoms with Crippen molar-refractivity contribution in [1.82, 2.24) is 14.8 Å². The first-order chi connectivity index (χ1) is 16.8. The van der Waals surface area contributed by atoms with E-state index in [9.17, 15) is 18.0 Å². The Balaban J connectivity index is 1.87. The molecule has 2 aromatic carbocycles. The Morgan fingerprint density at radius 1 is 1.06 bits per heavy atom. The number of anilines is 1. The van der Waals surface area contributed by atoms with Gasteiger partial charge in [-0.2, -0.15) is 18.2 Å². The minimum Gasteiger partial charge on any atom is -0.460 e. The van der Waals surface area contributed by atoms with E-state index in [1.807, 2.05) is 6.92 Å². The van der Waals surface area contributed by atoms with E-state index < -0.39 is 11.7 Å². The van der Waals surface area contributed by atoms with E-state index in [-0.39, 0.29) is 29.9 Å². The third-order valence-corrected chi connectivity index (χ3v) is 5.10. The number of carbonyl (C=O) groups excluding carboxylic acids is 1. The molecule has 3 aromatic rings. The van der Waals surface area contributed by atoms with Gasteiger partial charge in [-0.1, -0.05) is 31.9 Å². The van der Waals surface area contributed by atoms with E-state index in [1.54, 1.807) is 24.3 Å². The van der Waals surface area contributed by atoms with Crippen molar-refractivity contribution in [3.05, 3.63) is 54.1 Å². The quantitative estimate of drug-likeness (QED) is 0.321. The predicted molar refractivity (Wildman–Crippen MR) is 127 cm³/mol. The number of rotatable bonds is 12. The summed E-state index contributed by atoms with van der Waals surface area (Å²) in [6.45, 7) is 4.99. The Morgan fingerprint density at radius 3 is 2.51 bits per heavy atom. The summed E-state index contributed by atoms with van der Waals surface area (Å²) in [7, 11) is 0. The molecule has 0 radical (unpaired) electrons. The summed E-state index contributed by atoms with van der Waals surface area (Å²) in [6.07, 6.45) is -1.20. The SMILES string of the molecule is CCCCCC(=O)Nc1ccc(-n2nc(OCCOCC)nc2-c2cccc(C(F)(F)F)c2)cc1. The molecular formula is C25H29F3N4O3. The van der Waals surface area contributed by atoms with Crippen LogP contribution >= 0.6 is 0 Å². The van der Waals surface area contributed by atoms with Gasteiger partial charge in [0.15, 0.2) is 5.82 Å². The molecular weight excluding hydrogens is 461 g/mol. The highest BCUT2D eigenvalue weighted by atomic mass is 19.4. The third-order valence-electron chi connectivity index (χ3n) is 5.10. The summed E-state index contributed by atoms with van der Waals surface area (Å²) < 4.78 is 52.1. The number of nitrogens with zero attached hydrogens (tertiary/aromatic N) is 3. The molecule has 0 aliphatic heterocycles. The van der Waals surface area contributed by atoms with Gasteiger partial charge in [0, 0.05) is 24.3 Å². The predicted octanol–water partition coefficient (Wildman–Crippen LogP) is 5.89. The number of halogens is 3. The number of hydrogen-bond donors (Lipinski definition) is 1. The van der Waals surface area contributed by atoms with Gasteiger partial charge in [0.1, 0.15) is 6.61 Å². The van der Waals surface area contributed by atoms with Gasteiger partial charge in [-0.05, 0) is 49.7 Å². The second kappa shape index (κ2) is 12.3. The van der Waals surface area contributed by atoms with Crippen molar-refractivity contribution in [2.24, 2.45) is 0 Å². The second-order valence-electron chi connectivity index (χ2n) is 7.81. The Hall–Kier alpha value is -3.40. The fourth-order valence-corrected chi connectivity index (χ4v) is 3.34. The zero-order valence-corrected chi connectivity index (χ0v) is 19.8. The average molecular weight is 491 g/mol. The molecule has 0 saturated heterocycles. The molecule has 10 heteroatoms. The number of amides is 1. The van der Waals surface area contributed by atoms with Crippen molar-refractivity contribution < 1.29 is 27.4 Å². The summed E-state index contributed by atoms with van der Waals surface area (Å²) >= 11 is 0. The molecule has 1 aromatic heterocycles. The molecule has 7 nitrogen and oxygen atoms in total. The smallest absolute Gasteiger partial charge is 0.416 e. The molecule has 3 rings (SSSR count). The van der Waals surface area contributed by atoms with Gasteiger partial charge in [0.2, 0.25) is 5.91 Å². The normalized spacial score (nSPS) is 11.5. The number of benzene rings is 2. The second-order valence-corrected chi connectivity index (χ2v) is 7.81. The van der Waals surface area contributed by atoms with E-state index in [4.69, 9.17) is 9.47 Å². The number of hydrogen-bond acceptors (Lipinski definition) is 5. The van der Waals surface area contributed by atoms with Crippen LogP contribution in [0.5, 0.6) is 6.01 Å². The zero-order valence-electron chi connectivity index (χ0n) is 19.8. The lowest BCUT2D eigenvalue weighted by molar-refractivity contribution is -0.137. The molecule has 1 heterocycles. The summed E-state index contributed by atoms with van der Waals surface area (Å²) in [5.74, 6) is 0.125. The first-order valence-electron chi connectivity index (χ1n) is 11.6. The van der Waals surface area contributed by atoms with Crippen LogP contribution < -0.4 is 10.1 Å². The minimum atomic E-state index is -4.49. The first-order valence-corrected chi connectivity index (χ1v) is 11.6. The van der Waals surface area contributed by atoms with Gasteiger partial charge in [-0.3, -0.25) is 4.79 Å². The van der Waals surface area contributed by atoms with Crippen LogP contribution in [-0.2, 0) is 15.7 Å². The Labute approximate surface area is 202 Å². The average Bonchev–Trinajstić information content (AvgIpc) is 3.26. The van der Waals surface area contributed by atoms with Crippen molar-refractivity contribution in [3.63, 3.8) is 0 Å². The van der Waals surface area contributed by atoms with E-state index in [0.29, 0.717) is 31.0 Å². The van der Waals surface area contributed by atoms with Gasteiger partial charge in [-0.25, -0.2) is 4.68 Å². The highest BCUT2D eigenvalue weighted by Gasteiger charge is 2.31. The van der Waals surface area contributed by atoms with Crippen LogP contribution in [0.3, 0.4) is 0 Å². The minimum absolute atomic E-state index is 0.0189. The third kappa shape index (κ3) is 7.54. The number of nitrogens with one attached hydrogen (secondary N) is 1. The molecule has 0 unspecified atom stereocenters. The van der Waals surface area contributed by atoms with E-state index in [2.05, 4.69) is 22.3 Å². The number of alkyl halides is 3. The van der Waals surface area contributed by atoms with Crippen molar-refractivity contribution in [3.8, 4) is 23.1 Å². The highest BCUT2D eigenvalue weighted by molar-refractivity contribution is 5.90. The summed E-state index contributed by atoms with van der Waals surface area (Å²) in [4.78, 5) is 16.4. The first kappa shape index (κ1) is 26.2. The molecule has 1 amide bonds. The van der Waals surface area contributed by atoms with E-state index in [1.165, 1.54) is 16.8 Å². The standard InChI is InChI=1S/C25H29F3N4O3/c1-3-5-6-10-22(33)29-20-11-13-21(14-12-20)32-23(30-24(31-32)35-16-15-34-4-2)18-8-7-9-19(17-18)25(26,27)28/h7-9,11-14,17H,3-6,10,15-16H2,1-2H3,(H,29,33). The molecule has 0 aliphatic carbocycles. The van der Waals surface area contributed by atoms with E-state index in [0.717, 1.165) is 31.4 Å². The van der Waals surface area contributed by atoms with Crippen LogP contribution in [0.2, 0.25) is 0 Å². The number of aromatic nitrogens is 3. The van der Waals surface area contributed by atoms with Crippen LogP contribution in [-0.4, -0.2) is 40.5 Å². The lowest BCUT2D eigenvalue weighted by Crippen LogP contribution is -2.11. The van der Waals surface area contributed by atoms with Crippen LogP contribution in [0.4, 0.5) is 18.9 Å². The van der Waals surface area contributed by atoms with Crippen molar-refractivity contribution in [2.75, 3.05) is 25.1 Å². The van der Waals surface area contributed by atoms with Crippen LogP contribution in [0.25, 0.3) is 17.1 Å². The topological polar surface area (TPSA) is 78.3 Å². The van der Waals surface area contributed by atoms with E-state index >= 15 is 0 Å². The van der Waals surface area contributed by atoms with Gasteiger partial charge in [0.25, 0.3) is 0 Å².